The van der Waals surface area contributed by atoms with Gasteiger partial charge in [-0.3, -0.25) is 10.1 Å². The molecule has 0 unspecified atom stereocenters. The Labute approximate surface area is 155 Å². The zero-order valence-electron chi connectivity index (χ0n) is 12.3. The molecule has 0 saturated heterocycles. The molecule has 2 aromatic heterocycles. The van der Waals surface area contributed by atoms with Crippen LogP contribution in [-0.2, 0) is 0 Å². The molecule has 2 heterocycles. The second-order valence-electron chi connectivity index (χ2n) is 5.10. The predicted molar refractivity (Wildman–Crippen MR) is 102 cm³/mol. The number of thiazole rings is 2. The van der Waals surface area contributed by atoms with Crippen LogP contribution in [0, 0.1) is 6.92 Å². The number of nitrogens with zero attached hydrogens (tertiary/aromatic N) is 2. The van der Waals surface area contributed by atoms with Gasteiger partial charge in [0.05, 0.1) is 35.5 Å². The fourth-order valence-corrected chi connectivity index (χ4v) is 4.64. The van der Waals surface area contributed by atoms with E-state index in [9.17, 15) is 4.79 Å². The average molecular weight is 394 g/mol. The van der Waals surface area contributed by atoms with E-state index in [-0.39, 0.29) is 5.91 Å². The molecule has 1 amide bonds. The number of anilines is 1. The first-order chi connectivity index (χ1) is 11.5. The third kappa shape index (κ3) is 2.75. The van der Waals surface area contributed by atoms with E-state index in [0.717, 1.165) is 25.4 Å². The Bertz CT molecular complexity index is 1100. The number of nitrogens with one attached hydrogen (secondary N) is 1. The van der Waals surface area contributed by atoms with E-state index in [0.29, 0.717) is 20.7 Å². The normalized spacial score (nSPS) is 11.3. The van der Waals surface area contributed by atoms with Gasteiger partial charge in [0.1, 0.15) is 0 Å². The van der Waals surface area contributed by atoms with Gasteiger partial charge in [-0.05, 0) is 37.3 Å². The summed E-state index contributed by atoms with van der Waals surface area (Å²) in [5.41, 5.74) is 2.24. The highest BCUT2D eigenvalue weighted by Gasteiger charge is 2.14. The third-order valence-electron chi connectivity index (χ3n) is 3.42. The SMILES string of the molecule is Cc1nc2ccc3nc(NC(=O)c4ccc(Cl)c(Cl)c4)sc3c2s1. The molecule has 24 heavy (non-hydrogen) atoms. The molecule has 0 aliphatic carbocycles. The van der Waals surface area contributed by atoms with Crippen LogP contribution >= 0.6 is 45.9 Å². The van der Waals surface area contributed by atoms with Gasteiger partial charge in [0, 0.05) is 5.56 Å². The second-order valence-corrected chi connectivity index (χ2v) is 8.11. The van der Waals surface area contributed by atoms with E-state index in [4.69, 9.17) is 23.2 Å². The van der Waals surface area contributed by atoms with Crippen molar-refractivity contribution in [3.63, 3.8) is 0 Å². The van der Waals surface area contributed by atoms with Crippen molar-refractivity contribution in [2.75, 3.05) is 5.32 Å². The fourth-order valence-electron chi connectivity index (χ4n) is 2.34. The highest BCUT2D eigenvalue weighted by Crippen LogP contribution is 2.36. The summed E-state index contributed by atoms with van der Waals surface area (Å²) in [7, 11) is 0. The summed E-state index contributed by atoms with van der Waals surface area (Å²) in [6.07, 6.45) is 0. The standard InChI is InChI=1S/C16H9Cl2N3OS2/c1-7-19-11-4-5-12-14(13(11)23-7)24-16(20-12)21-15(22)8-2-3-9(17)10(18)6-8/h2-6H,1H3,(H,20,21,22). The molecule has 4 rings (SSSR count). The minimum absolute atomic E-state index is 0.274. The van der Waals surface area contributed by atoms with E-state index in [2.05, 4.69) is 15.3 Å². The van der Waals surface area contributed by atoms with Crippen LogP contribution in [0.25, 0.3) is 20.4 Å². The Morgan fingerprint density at radius 2 is 1.71 bits per heavy atom. The minimum Gasteiger partial charge on any atom is -0.298 e. The summed E-state index contributed by atoms with van der Waals surface area (Å²) >= 11 is 14.9. The molecule has 0 fully saturated rings. The van der Waals surface area contributed by atoms with Crippen LogP contribution in [0.15, 0.2) is 30.3 Å². The highest BCUT2D eigenvalue weighted by atomic mass is 35.5. The first kappa shape index (κ1) is 15.8. The summed E-state index contributed by atoms with van der Waals surface area (Å²) in [6.45, 7) is 1.98. The molecule has 2 aromatic carbocycles. The lowest BCUT2D eigenvalue weighted by Gasteiger charge is -2.02. The number of amides is 1. The van der Waals surface area contributed by atoms with Crippen molar-refractivity contribution >= 4 is 77.3 Å². The number of aryl methyl sites for hydroxylation is 1. The summed E-state index contributed by atoms with van der Waals surface area (Å²) < 4.78 is 2.13. The molecule has 0 bridgehead atoms. The maximum Gasteiger partial charge on any atom is 0.257 e. The van der Waals surface area contributed by atoms with E-state index in [1.54, 1.807) is 23.5 Å². The first-order valence-corrected chi connectivity index (χ1v) is 9.33. The average Bonchev–Trinajstić information content (AvgIpc) is 3.11. The van der Waals surface area contributed by atoms with Crippen LogP contribution in [0.3, 0.4) is 0 Å². The Kier molecular flexibility index (Phi) is 3.92. The number of carbonyl (C=O) groups excluding carboxylic acids is 1. The van der Waals surface area contributed by atoms with Gasteiger partial charge >= 0.3 is 0 Å². The molecular formula is C16H9Cl2N3OS2. The molecule has 0 saturated carbocycles. The molecular weight excluding hydrogens is 385 g/mol. The summed E-state index contributed by atoms with van der Waals surface area (Å²) in [4.78, 5) is 21.3. The maximum absolute atomic E-state index is 12.4. The zero-order valence-corrected chi connectivity index (χ0v) is 15.4. The van der Waals surface area contributed by atoms with Gasteiger partial charge < -0.3 is 0 Å². The van der Waals surface area contributed by atoms with Crippen molar-refractivity contribution in [2.45, 2.75) is 6.92 Å². The number of halogens is 2. The van der Waals surface area contributed by atoms with Gasteiger partial charge in [0.15, 0.2) is 5.13 Å². The Balaban J connectivity index is 1.70. The lowest BCUT2D eigenvalue weighted by molar-refractivity contribution is 0.102. The minimum atomic E-state index is -0.274. The number of hydrogen-bond acceptors (Lipinski definition) is 5. The van der Waals surface area contributed by atoms with Crippen molar-refractivity contribution < 1.29 is 4.79 Å². The van der Waals surface area contributed by atoms with Crippen LogP contribution in [0.1, 0.15) is 15.4 Å². The predicted octanol–water partition coefficient (Wildman–Crippen LogP) is 5.77. The van der Waals surface area contributed by atoms with Crippen molar-refractivity contribution in [2.24, 2.45) is 0 Å². The van der Waals surface area contributed by atoms with Gasteiger partial charge in [0.25, 0.3) is 5.91 Å². The van der Waals surface area contributed by atoms with Crippen molar-refractivity contribution in [1.82, 2.24) is 9.97 Å². The van der Waals surface area contributed by atoms with Crippen LogP contribution in [0.5, 0.6) is 0 Å². The largest absolute Gasteiger partial charge is 0.298 e. The summed E-state index contributed by atoms with van der Waals surface area (Å²) in [5.74, 6) is -0.274. The smallest absolute Gasteiger partial charge is 0.257 e. The second kappa shape index (κ2) is 5.97. The molecule has 8 heteroatoms. The van der Waals surface area contributed by atoms with E-state index in [1.807, 2.05) is 19.1 Å². The van der Waals surface area contributed by atoms with E-state index in [1.165, 1.54) is 17.4 Å². The van der Waals surface area contributed by atoms with Gasteiger partial charge in [-0.15, -0.1) is 11.3 Å². The van der Waals surface area contributed by atoms with Gasteiger partial charge in [0.2, 0.25) is 0 Å². The molecule has 0 aliphatic heterocycles. The topological polar surface area (TPSA) is 54.9 Å². The van der Waals surface area contributed by atoms with E-state index < -0.39 is 0 Å². The fraction of sp³-hybridized carbons (Fsp3) is 0.0625. The van der Waals surface area contributed by atoms with Crippen molar-refractivity contribution in [1.29, 1.82) is 0 Å². The van der Waals surface area contributed by atoms with Crippen LogP contribution in [0.2, 0.25) is 10.0 Å². The van der Waals surface area contributed by atoms with Crippen LogP contribution in [-0.4, -0.2) is 15.9 Å². The molecule has 1 N–H and O–H groups in total. The molecule has 0 aliphatic rings. The number of rotatable bonds is 2. The number of carbonyl (C=O) groups is 1. The van der Waals surface area contributed by atoms with Crippen LogP contribution in [0.4, 0.5) is 5.13 Å². The van der Waals surface area contributed by atoms with Crippen molar-refractivity contribution in [3.05, 3.63) is 50.9 Å². The lowest BCUT2D eigenvalue weighted by atomic mass is 10.2. The molecule has 4 nitrogen and oxygen atoms in total. The number of aromatic nitrogens is 2. The highest BCUT2D eigenvalue weighted by molar-refractivity contribution is 7.28. The van der Waals surface area contributed by atoms with Gasteiger partial charge in [-0.2, -0.15) is 0 Å². The van der Waals surface area contributed by atoms with Gasteiger partial charge in [-0.25, -0.2) is 9.97 Å². The third-order valence-corrected chi connectivity index (χ3v) is 6.30. The van der Waals surface area contributed by atoms with Crippen molar-refractivity contribution in [3.8, 4) is 0 Å². The first-order valence-electron chi connectivity index (χ1n) is 6.94. The maximum atomic E-state index is 12.4. The lowest BCUT2D eigenvalue weighted by Crippen LogP contribution is -2.11. The molecule has 120 valence electrons. The molecule has 0 spiro atoms. The Morgan fingerprint density at radius 3 is 2.46 bits per heavy atom. The molecule has 0 atom stereocenters. The monoisotopic (exact) mass is 393 g/mol. The van der Waals surface area contributed by atoms with Crippen LogP contribution < -0.4 is 5.32 Å². The van der Waals surface area contributed by atoms with E-state index >= 15 is 0 Å². The quantitative estimate of drug-likeness (QED) is 0.469. The number of fused-ring (bicyclic) bond motifs is 3. The Morgan fingerprint density at radius 1 is 1.00 bits per heavy atom. The molecule has 4 aromatic rings. The zero-order chi connectivity index (χ0) is 16.8. The Hall–Kier alpha value is -1.73. The summed E-state index contributed by atoms with van der Waals surface area (Å²) in [5, 5.41) is 5.12. The number of benzene rings is 2. The number of hydrogen-bond donors (Lipinski definition) is 1. The van der Waals surface area contributed by atoms with Gasteiger partial charge in [-0.1, -0.05) is 34.5 Å². The molecule has 0 radical (unpaired) electrons. The summed E-state index contributed by atoms with van der Waals surface area (Å²) in [6, 6.07) is 8.63.